The van der Waals surface area contributed by atoms with E-state index >= 15 is 0 Å². The van der Waals surface area contributed by atoms with Gasteiger partial charge in [-0.15, -0.1) is 11.3 Å². The van der Waals surface area contributed by atoms with Crippen molar-refractivity contribution in [2.75, 3.05) is 11.8 Å². The standard InChI is InChI=1S/C12H15N3O2S2/c1-9-8-18-11(7-13-2)12(9)19(16,17)15-10-4-3-5-14-6-10/h3-6,8,13,15H,7H2,1-2H3. The van der Waals surface area contributed by atoms with Crippen LogP contribution in [0.25, 0.3) is 0 Å². The Hall–Kier alpha value is -1.44. The number of pyridine rings is 1. The maximum atomic E-state index is 12.4. The Morgan fingerprint density at radius 2 is 2.21 bits per heavy atom. The van der Waals surface area contributed by atoms with E-state index in [1.165, 1.54) is 17.5 Å². The van der Waals surface area contributed by atoms with Gasteiger partial charge in [-0.3, -0.25) is 9.71 Å². The van der Waals surface area contributed by atoms with Crippen LogP contribution in [0.1, 0.15) is 10.4 Å². The minimum Gasteiger partial charge on any atom is -0.315 e. The number of nitrogens with zero attached hydrogens (tertiary/aromatic N) is 1. The van der Waals surface area contributed by atoms with E-state index in [9.17, 15) is 8.42 Å². The summed E-state index contributed by atoms with van der Waals surface area (Å²) >= 11 is 1.44. The Bertz CT molecular complexity index is 651. The predicted molar refractivity (Wildman–Crippen MR) is 76.9 cm³/mol. The lowest BCUT2D eigenvalue weighted by Gasteiger charge is -2.09. The van der Waals surface area contributed by atoms with Crippen LogP contribution in [0, 0.1) is 6.92 Å². The van der Waals surface area contributed by atoms with Crippen LogP contribution >= 0.6 is 11.3 Å². The van der Waals surface area contributed by atoms with Crippen molar-refractivity contribution < 1.29 is 8.42 Å². The molecule has 0 bridgehead atoms. The molecule has 2 aromatic rings. The highest BCUT2D eigenvalue weighted by atomic mass is 32.2. The highest BCUT2D eigenvalue weighted by molar-refractivity contribution is 7.93. The number of nitrogens with one attached hydrogen (secondary N) is 2. The molecule has 0 aliphatic rings. The summed E-state index contributed by atoms with van der Waals surface area (Å²) in [5.74, 6) is 0. The van der Waals surface area contributed by atoms with Gasteiger partial charge in [-0.2, -0.15) is 0 Å². The van der Waals surface area contributed by atoms with E-state index in [-0.39, 0.29) is 0 Å². The van der Waals surface area contributed by atoms with Gasteiger partial charge in [-0.25, -0.2) is 8.42 Å². The van der Waals surface area contributed by atoms with E-state index in [1.807, 2.05) is 5.38 Å². The summed E-state index contributed by atoms with van der Waals surface area (Å²) in [5.41, 5.74) is 1.22. The van der Waals surface area contributed by atoms with Crippen molar-refractivity contribution in [1.82, 2.24) is 10.3 Å². The van der Waals surface area contributed by atoms with Crippen molar-refractivity contribution in [2.24, 2.45) is 0 Å². The molecule has 0 aliphatic heterocycles. The Morgan fingerprint density at radius 3 is 2.84 bits per heavy atom. The number of anilines is 1. The van der Waals surface area contributed by atoms with E-state index < -0.39 is 10.0 Å². The largest absolute Gasteiger partial charge is 0.315 e. The van der Waals surface area contributed by atoms with Gasteiger partial charge in [-0.05, 0) is 37.0 Å². The molecule has 0 aromatic carbocycles. The molecule has 102 valence electrons. The third kappa shape index (κ3) is 3.12. The first kappa shape index (κ1) is 14.0. The number of hydrogen-bond acceptors (Lipinski definition) is 5. The molecule has 2 rings (SSSR count). The zero-order valence-electron chi connectivity index (χ0n) is 10.7. The lowest BCUT2D eigenvalue weighted by Crippen LogP contribution is -2.16. The fourth-order valence-corrected chi connectivity index (χ4v) is 4.63. The smallest absolute Gasteiger partial charge is 0.263 e. The number of aryl methyl sites for hydroxylation is 1. The van der Waals surface area contributed by atoms with Crippen LogP contribution in [-0.2, 0) is 16.6 Å². The van der Waals surface area contributed by atoms with Crippen molar-refractivity contribution in [3.8, 4) is 0 Å². The quantitative estimate of drug-likeness (QED) is 0.885. The van der Waals surface area contributed by atoms with Gasteiger partial charge < -0.3 is 5.32 Å². The van der Waals surface area contributed by atoms with Gasteiger partial charge >= 0.3 is 0 Å². The van der Waals surface area contributed by atoms with Gasteiger partial charge in [0.25, 0.3) is 10.0 Å². The van der Waals surface area contributed by atoms with E-state index in [0.717, 1.165) is 10.4 Å². The molecule has 0 fully saturated rings. The normalized spacial score (nSPS) is 11.5. The maximum absolute atomic E-state index is 12.4. The Kier molecular flexibility index (Phi) is 4.18. The predicted octanol–water partition coefficient (Wildman–Crippen LogP) is 1.97. The molecule has 19 heavy (non-hydrogen) atoms. The number of hydrogen-bond donors (Lipinski definition) is 2. The topological polar surface area (TPSA) is 71.1 Å². The molecule has 0 amide bonds. The molecule has 0 spiro atoms. The van der Waals surface area contributed by atoms with Gasteiger partial charge in [-0.1, -0.05) is 0 Å². The van der Waals surface area contributed by atoms with Crippen LogP contribution in [0.2, 0.25) is 0 Å². The second-order valence-corrected chi connectivity index (χ2v) is 6.63. The average Bonchev–Trinajstić information content (AvgIpc) is 2.72. The number of aromatic nitrogens is 1. The van der Waals surface area contributed by atoms with Crippen molar-refractivity contribution in [2.45, 2.75) is 18.4 Å². The molecule has 0 aliphatic carbocycles. The first-order valence-electron chi connectivity index (χ1n) is 5.69. The number of sulfonamides is 1. The first-order chi connectivity index (χ1) is 9.04. The SMILES string of the molecule is CNCc1scc(C)c1S(=O)(=O)Nc1cccnc1. The fraction of sp³-hybridized carbons (Fsp3) is 0.250. The lowest BCUT2D eigenvalue weighted by molar-refractivity contribution is 0.599. The highest BCUT2D eigenvalue weighted by Gasteiger charge is 2.22. The highest BCUT2D eigenvalue weighted by Crippen LogP contribution is 2.28. The molecule has 0 saturated heterocycles. The summed E-state index contributed by atoms with van der Waals surface area (Å²) in [6.45, 7) is 2.33. The Labute approximate surface area is 116 Å². The Morgan fingerprint density at radius 1 is 1.42 bits per heavy atom. The van der Waals surface area contributed by atoms with Crippen LogP contribution in [0.3, 0.4) is 0 Å². The summed E-state index contributed by atoms with van der Waals surface area (Å²) in [4.78, 5) is 5.05. The molecular formula is C12H15N3O2S2. The molecule has 0 unspecified atom stereocenters. The van der Waals surface area contributed by atoms with Gasteiger partial charge in [0.1, 0.15) is 4.90 Å². The Balaban J connectivity index is 2.37. The minimum atomic E-state index is -3.57. The summed E-state index contributed by atoms with van der Waals surface area (Å²) in [5, 5.41) is 4.83. The summed E-state index contributed by atoms with van der Waals surface area (Å²) in [7, 11) is -1.78. The zero-order valence-corrected chi connectivity index (χ0v) is 12.3. The fourth-order valence-electron chi connectivity index (χ4n) is 1.76. The number of thiophene rings is 1. The molecule has 2 N–H and O–H groups in total. The molecule has 2 aromatic heterocycles. The van der Waals surface area contributed by atoms with Gasteiger partial charge in [0.2, 0.25) is 0 Å². The average molecular weight is 297 g/mol. The maximum Gasteiger partial charge on any atom is 0.263 e. The van der Waals surface area contributed by atoms with Crippen molar-refractivity contribution in [3.05, 3.63) is 40.3 Å². The monoisotopic (exact) mass is 297 g/mol. The van der Waals surface area contributed by atoms with Crippen LogP contribution in [0.15, 0.2) is 34.8 Å². The van der Waals surface area contributed by atoms with Crippen molar-refractivity contribution >= 4 is 27.0 Å². The molecule has 2 heterocycles. The molecule has 0 atom stereocenters. The van der Waals surface area contributed by atoms with Crippen LogP contribution in [-0.4, -0.2) is 20.4 Å². The van der Waals surface area contributed by atoms with E-state index in [1.54, 1.807) is 32.3 Å². The van der Waals surface area contributed by atoms with Crippen LogP contribution < -0.4 is 10.0 Å². The summed E-state index contributed by atoms with van der Waals surface area (Å²) < 4.78 is 27.4. The summed E-state index contributed by atoms with van der Waals surface area (Å²) in [6, 6.07) is 3.36. The second kappa shape index (κ2) is 5.68. The van der Waals surface area contributed by atoms with Crippen molar-refractivity contribution in [3.63, 3.8) is 0 Å². The van der Waals surface area contributed by atoms with E-state index in [2.05, 4.69) is 15.0 Å². The molecule has 0 radical (unpaired) electrons. The van der Waals surface area contributed by atoms with Crippen LogP contribution in [0.4, 0.5) is 5.69 Å². The molecule has 0 saturated carbocycles. The molecular weight excluding hydrogens is 282 g/mol. The van der Waals surface area contributed by atoms with Gasteiger partial charge in [0, 0.05) is 17.6 Å². The van der Waals surface area contributed by atoms with Gasteiger partial charge in [0.05, 0.1) is 11.9 Å². The molecule has 7 heteroatoms. The number of rotatable bonds is 5. The first-order valence-corrected chi connectivity index (χ1v) is 8.05. The van der Waals surface area contributed by atoms with E-state index in [0.29, 0.717) is 17.1 Å². The van der Waals surface area contributed by atoms with Gasteiger partial charge in [0.15, 0.2) is 0 Å². The van der Waals surface area contributed by atoms with Crippen molar-refractivity contribution in [1.29, 1.82) is 0 Å². The van der Waals surface area contributed by atoms with Crippen LogP contribution in [0.5, 0.6) is 0 Å². The second-order valence-electron chi connectivity index (χ2n) is 4.05. The summed E-state index contributed by atoms with van der Waals surface area (Å²) in [6.07, 6.45) is 3.08. The molecule has 5 nitrogen and oxygen atoms in total. The minimum absolute atomic E-state index is 0.357. The zero-order chi connectivity index (χ0) is 13.9. The third-order valence-corrected chi connectivity index (χ3v) is 5.35. The van der Waals surface area contributed by atoms with E-state index in [4.69, 9.17) is 0 Å². The third-order valence-electron chi connectivity index (χ3n) is 2.51. The lowest BCUT2D eigenvalue weighted by atomic mass is 10.3.